The minimum absolute atomic E-state index is 0.103. The molecule has 0 atom stereocenters. The van der Waals surface area contributed by atoms with E-state index < -0.39 is 10.0 Å². The minimum atomic E-state index is -3.77. The molecule has 0 radical (unpaired) electrons. The van der Waals surface area contributed by atoms with Crippen molar-refractivity contribution in [3.05, 3.63) is 83.9 Å². The summed E-state index contributed by atoms with van der Waals surface area (Å²) in [5, 5.41) is 2.69. The molecule has 0 unspecified atom stereocenters. The number of rotatable bonds is 7. The Balaban J connectivity index is 1.68. The molecule has 0 aliphatic rings. The highest BCUT2D eigenvalue weighted by atomic mass is 32.2. The molecule has 0 aliphatic heterocycles. The average molecular weight is 438 g/mol. The van der Waals surface area contributed by atoms with Crippen LogP contribution in [0.3, 0.4) is 0 Å². The Labute approximate surface area is 181 Å². The van der Waals surface area contributed by atoms with Crippen LogP contribution in [0.4, 0.5) is 17.1 Å². The molecule has 7 nitrogen and oxygen atoms in total. The SMILES string of the molecule is COc1cc(NS(=O)(=O)c2ccc(/C=C/C(=O)Nc3ccccc3N)cc2)ccc1C. The van der Waals surface area contributed by atoms with E-state index in [2.05, 4.69) is 10.0 Å². The fourth-order valence-electron chi connectivity index (χ4n) is 2.81. The van der Waals surface area contributed by atoms with Crippen LogP contribution >= 0.6 is 0 Å². The molecule has 0 fully saturated rings. The van der Waals surface area contributed by atoms with Crippen molar-refractivity contribution >= 4 is 39.1 Å². The third-order valence-corrected chi connectivity index (χ3v) is 5.89. The molecule has 31 heavy (non-hydrogen) atoms. The molecule has 8 heteroatoms. The minimum Gasteiger partial charge on any atom is -0.496 e. The van der Waals surface area contributed by atoms with Crippen LogP contribution in [0.5, 0.6) is 5.75 Å². The maximum atomic E-state index is 12.7. The Morgan fingerprint density at radius 1 is 1.03 bits per heavy atom. The van der Waals surface area contributed by atoms with Crippen LogP contribution in [0, 0.1) is 6.92 Å². The molecule has 160 valence electrons. The zero-order chi connectivity index (χ0) is 22.4. The fraction of sp³-hybridized carbons (Fsp3) is 0.0870. The smallest absolute Gasteiger partial charge is 0.261 e. The second kappa shape index (κ2) is 9.36. The van der Waals surface area contributed by atoms with Crippen LogP contribution in [0.2, 0.25) is 0 Å². The molecule has 0 saturated carbocycles. The van der Waals surface area contributed by atoms with Crippen molar-refractivity contribution in [3.8, 4) is 5.75 Å². The van der Waals surface area contributed by atoms with Gasteiger partial charge >= 0.3 is 0 Å². The number of amides is 1. The van der Waals surface area contributed by atoms with Crippen LogP contribution in [0.15, 0.2) is 77.7 Å². The lowest BCUT2D eigenvalue weighted by Crippen LogP contribution is -2.13. The summed E-state index contributed by atoms with van der Waals surface area (Å²) < 4.78 is 33.1. The van der Waals surface area contributed by atoms with Gasteiger partial charge in [0.15, 0.2) is 0 Å². The highest BCUT2D eigenvalue weighted by Gasteiger charge is 2.14. The van der Waals surface area contributed by atoms with Crippen molar-refractivity contribution in [1.82, 2.24) is 0 Å². The van der Waals surface area contributed by atoms with E-state index in [0.717, 1.165) is 5.56 Å². The van der Waals surface area contributed by atoms with Gasteiger partial charge in [0.05, 0.1) is 29.1 Å². The number of nitrogen functional groups attached to an aromatic ring is 1. The largest absolute Gasteiger partial charge is 0.496 e. The number of benzene rings is 3. The third-order valence-electron chi connectivity index (χ3n) is 4.50. The van der Waals surface area contributed by atoms with Gasteiger partial charge in [-0.3, -0.25) is 9.52 Å². The molecule has 0 heterocycles. The van der Waals surface area contributed by atoms with E-state index in [1.165, 1.54) is 25.3 Å². The molecule has 0 spiro atoms. The van der Waals surface area contributed by atoms with Crippen molar-refractivity contribution in [3.63, 3.8) is 0 Å². The number of carbonyl (C=O) groups is 1. The summed E-state index contributed by atoms with van der Waals surface area (Å²) in [4.78, 5) is 12.2. The summed E-state index contributed by atoms with van der Waals surface area (Å²) in [6, 6.07) is 18.2. The molecular formula is C23H23N3O4S. The maximum absolute atomic E-state index is 12.7. The van der Waals surface area contributed by atoms with Gasteiger partial charge in [-0.2, -0.15) is 0 Å². The van der Waals surface area contributed by atoms with Crippen LogP contribution in [0.1, 0.15) is 11.1 Å². The Morgan fingerprint density at radius 2 is 1.74 bits per heavy atom. The average Bonchev–Trinajstić information content (AvgIpc) is 2.75. The first-order valence-electron chi connectivity index (χ1n) is 9.39. The Morgan fingerprint density at radius 3 is 2.42 bits per heavy atom. The van der Waals surface area contributed by atoms with Crippen molar-refractivity contribution < 1.29 is 17.9 Å². The van der Waals surface area contributed by atoms with Gasteiger partial charge in [-0.1, -0.05) is 30.3 Å². The molecule has 0 aliphatic carbocycles. The first kappa shape index (κ1) is 21.9. The highest BCUT2D eigenvalue weighted by Crippen LogP contribution is 2.24. The van der Waals surface area contributed by atoms with Crippen molar-refractivity contribution in [2.45, 2.75) is 11.8 Å². The molecule has 4 N–H and O–H groups in total. The maximum Gasteiger partial charge on any atom is 0.261 e. The van der Waals surface area contributed by atoms with Gasteiger partial charge in [-0.15, -0.1) is 0 Å². The summed E-state index contributed by atoms with van der Waals surface area (Å²) in [7, 11) is -2.24. The Kier molecular flexibility index (Phi) is 6.61. The number of hydrogen-bond donors (Lipinski definition) is 3. The molecule has 0 bridgehead atoms. The van der Waals surface area contributed by atoms with Crippen molar-refractivity contribution in [2.75, 3.05) is 22.9 Å². The molecule has 3 rings (SSSR count). The van der Waals surface area contributed by atoms with Crippen molar-refractivity contribution in [1.29, 1.82) is 0 Å². The van der Waals surface area contributed by atoms with E-state index in [-0.39, 0.29) is 10.8 Å². The number of ether oxygens (including phenoxy) is 1. The van der Waals surface area contributed by atoms with Gasteiger partial charge in [0.25, 0.3) is 10.0 Å². The Hall–Kier alpha value is -3.78. The van der Waals surface area contributed by atoms with Gasteiger partial charge in [-0.05, 0) is 54.5 Å². The number of nitrogens with two attached hydrogens (primary N) is 1. The van der Waals surface area contributed by atoms with E-state index in [1.54, 1.807) is 60.7 Å². The van der Waals surface area contributed by atoms with E-state index in [4.69, 9.17) is 10.5 Å². The monoisotopic (exact) mass is 437 g/mol. The normalized spacial score (nSPS) is 11.3. The number of aryl methyl sites for hydroxylation is 1. The summed E-state index contributed by atoms with van der Waals surface area (Å²) in [6.07, 6.45) is 2.94. The lowest BCUT2D eigenvalue weighted by Gasteiger charge is -2.11. The lowest BCUT2D eigenvalue weighted by atomic mass is 10.2. The number of sulfonamides is 1. The number of nitrogens with one attached hydrogen (secondary N) is 2. The molecule has 0 aromatic heterocycles. The fourth-order valence-corrected chi connectivity index (χ4v) is 3.86. The van der Waals surface area contributed by atoms with Crippen molar-refractivity contribution in [2.24, 2.45) is 0 Å². The summed E-state index contributed by atoms with van der Waals surface area (Å²) in [6.45, 7) is 1.87. The van der Waals surface area contributed by atoms with Crippen LogP contribution in [0.25, 0.3) is 6.08 Å². The second-order valence-corrected chi connectivity index (χ2v) is 8.45. The molecule has 1 amide bonds. The predicted molar refractivity (Wildman–Crippen MR) is 123 cm³/mol. The van der Waals surface area contributed by atoms with Gasteiger partial charge in [-0.25, -0.2) is 8.42 Å². The molecule has 3 aromatic carbocycles. The van der Waals surface area contributed by atoms with E-state index >= 15 is 0 Å². The van der Waals surface area contributed by atoms with Crippen LogP contribution in [-0.4, -0.2) is 21.4 Å². The van der Waals surface area contributed by atoms with Crippen LogP contribution < -0.4 is 20.5 Å². The van der Waals surface area contributed by atoms with E-state index in [9.17, 15) is 13.2 Å². The highest BCUT2D eigenvalue weighted by molar-refractivity contribution is 7.92. The first-order valence-corrected chi connectivity index (χ1v) is 10.9. The lowest BCUT2D eigenvalue weighted by molar-refractivity contribution is -0.111. The number of hydrogen-bond acceptors (Lipinski definition) is 5. The zero-order valence-corrected chi connectivity index (χ0v) is 17.9. The molecule has 3 aromatic rings. The van der Waals surface area contributed by atoms with Gasteiger partial charge in [0.2, 0.25) is 5.91 Å². The number of methoxy groups -OCH3 is 1. The number of carbonyl (C=O) groups excluding carboxylic acids is 1. The van der Waals surface area contributed by atoms with Gasteiger partial charge in [0.1, 0.15) is 5.75 Å². The first-order chi connectivity index (χ1) is 14.8. The van der Waals surface area contributed by atoms with Gasteiger partial charge < -0.3 is 15.8 Å². The van der Waals surface area contributed by atoms with Crippen LogP contribution in [-0.2, 0) is 14.8 Å². The molecule has 0 saturated heterocycles. The Bertz CT molecular complexity index is 1220. The summed E-state index contributed by atoms with van der Waals surface area (Å²) in [5.41, 5.74) is 8.78. The topological polar surface area (TPSA) is 111 Å². The zero-order valence-electron chi connectivity index (χ0n) is 17.1. The predicted octanol–water partition coefficient (Wildman–Crippen LogP) is 4.04. The van der Waals surface area contributed by atoms with E-state index in [1.807, 2.05) is 6.92 Å². The van der Waals surface area contributed by atoms with E-state index in [0.29, 0.717) is 28.4 Å². The van der Waals surface area contributed by atoms with Gasteiger partial charge in [0, 0.05) is 12.1 Å². The second-order valence-electron chi connectivity index (χ2n) is 6.77. The summed E-state index contributed by atoms with van der Waals surface area (Å²) in [5.74, 6) is 0.251. The summed E-state index contributed by atoms with van der Waals surface area (Å²) >= 11 is 0. The standard InChI is InChI=1S/C23H23N3O4S/c1-16-7-11-18(15-22(16)30-2)26-31(28,29)19-12-8-17(9-13-19)10-14-23(27)25-21-6-4-3-5-20(21)24/h3-15,26H,24H2,1-2H3,(H,25,27)/b14-10+. The number of anilines is 3. The quantitative estimate of drug-likeness (QED) is 0.382. The third kappa shape index (κ3) is 5.64. The molecular weight excluding hydrogens is 414 g/mol. The number of para-hydroxylation sites is 2.